The maximum atomic E-state index is 12.5. The zero-order chi connectivity index (χ0) is 22.5. The molecule has 2 aromatic carbocycles. The standard InChI is InChI=1S/C22H20ClN5O2S2/c1-3-28-20(15-5-4-6-17(11-15)30-2)26-27-22(28)32-13-19(29)25-21-24-18(12-31-21)14-7-9-16(23)10-8-14/h4-12H,3,13H2,1-2H3,(H,24,25,29). The molecule has 2 heterocycles. The van der Waals surface area contributed by atoms with Crippen LogP contribution in [-0.2, 0) is 11.3 Å². The Morgan fingerprint density at radius 3 is 2.75 bits per heavy atom. The van der Waals surface area contributed by atoms with Crippen molar-refractivity contribution >= 4 is 45.7 Å². The second kappa shape index (κ2) is 10.2. The van der Waals surface area contributed by atoms with Crippen molar-refractivity contribution in [2.75, 3.05) is 18.2 Å². The van der Waals surface area contributed by atoms with Gasteiger partial charge in [0.05, 0.1) is 18.6 Å². The lowest BCUT2D eigenvalue weighted by Gasteiger charge is -2.08. The van der Waals surface area contributed by atoms with Crippen molar-refractivity contribution < 1.29 is 9.53 Å². The Kier molecular flexibility index (Phi) is 7.09. The molecule has 0 atom stereocenters. The lowest BCUT2D eigenvalue weighted by Crippen LogP contribution is -2.14. The number of anilines is 1. The average Bonchev–Trinajstić information content (AvgIpc) is 3.45. The van der Waals surface area contributed by atoms with Crippen LogP contribution in [0, 0.1) is 0 Å². The summed E-state index contributed by atoms with van der Waals surface area (Å²) in [7, 11) is 1.63. The van der Waals surface area contributed by atoms with E-state index in [1.807, 2.05) is 65.4 Å². The molecule has 10 heteroatoms. The van der Waals surface area contributed by atoms with Gasteiger partial charge in [-0.2, -0.15) is 0 Å². The highest BCUT2D eigenvalue weighted by Crippen LogP contribution is 2.28. The number of hydrogen-bond acceptors (Lipinski definition) is 7. The molecule has 0 aliphatic carbocycles. The minimum atomic E-state index is -0.152. The van der Waals surface area contributed by atoms with E-state index in [1.165, 1.54) is 23.1 Å². The SMILES string of the molecule is CCn1c(SCC(=O)Nc2nc(-c3ccc(Cl)cc3)cs2)nnc1-c1cccc(OC)c1. The highest BCUT2D eigenvalue weighted by molar-refractivity contribution is 7.99. The molecule has 0 fully saturated rings. The van der Waals surface area contributed by atoms with Gasteiger partial charge in [0.1, 0.15) is 5.75 Å². The quantitative estimate of drug-likeness (QED) is 0.333. The lowest BCUT2D eigenvalue weighted by atomic mass is 10.2. The van der Waals surface area contributed by atoms with E-state index >= 15 is 0 Å². The number of hydrogen-bond donors (Lipinski definition) is 1. The molecular formula is C22H20ClN5O2S2. The van der Waals surface area contributed by atoms with Gasteiger partial charge in [-0.1, -0.05) is 47.6 Å². The number of amides is 1. The fourth-order valence-electron chi connectivity index (χ4n) is 3.03. The van der Waals surface area contributed by atoms with Crippen molar-refractivity contribution in [3.63, 3.8) is 0 Å². The normalized spacial score (nSPS) is 10.8. The van der Waals surface area contributed by atoms with E-state index in [0.717, 1.165) is 28.4 Å². The predicted octanol–water partition coefficient (Wildman–Crippen LogP) is 5.48. The first-order valence-electron chi connectivity index (χ1n) is 9.79. The van der Waals surface area contributed by atoms with E-state index in [9.17, 15) is 4.79 Å². The van der Waals surface area contributed by atoms with Crippen LogP contribution in [0.2, 0.25) is 5.02 Å². The Labute approximate surface area is 198 Å². The number of nitrogens with zero attached hydrogens (tertiary/aromatic N) is 4. The topological polar surface area (TPSA) is 81.9 Å². The molecule has 0 unspecified atom stereocenters. The summed E-state index contributed by atoms with van der Waals surface area (Å²) >= 11 is 8.65. The monoisotopic (exact) mass is 485 g/mol. The molecule has 0 saturated heterocycles. The van der Waals surface area contributed by atoms with Crippen LogP contribution < -0.4 is 10.1 Å². The average molecular weight is 486 g/mol. The number of benzene rings is 2. The molecule has 0 aliphatic heterocycles. The van der Waals surface area contributed by atoms with Crippen LogP contribution in [0.15, 0.2) is 59.1 Å². The summed E-state index contributed by atoms with van der Waals surface area (Å²) in [5.74, 6) is 1.54. The molecule has 0 spiro atoms. The van der Waals surface area contributed by atoms with E-state index in [1.54, 1.807) is 7.11 Å². The molecular weight excluding hydrogens is 466 g/mol. The summed E-state index contributed by atoms with van der Waals surface area (Å²) in [6.45, 7) is 2.70. The molecule has 1 N–H and O–H groups in total. The van der Waals surface area contributed by atoms with Gasteiger partial charge in [-0.25, -0.2) is 4.98 Å². The Balaban J connectivity index is 1.40. The summed E-state index contributed by atoms with van der Waals surface area (Å²) in [5, 5.41) is 15.3. The van der Waals surface area contributed by atoms with Crippen LogP contribution in [0.3, 0.4) is 0 Å². The number of rotatable bonds is 8. The Bertz CT molecular complexity index is 1220. The largest absolute Gasteiger partial charge is 0.497 e. The van der Waals surface area contributed by atoms with Crippen molar-refractivity contribution in [3.05, 3.63) is 58.9 Å². The molecule has 0 aliphatic rings. The number of carbonyl (C=O) groups excluding carboxylic acids is 1. The molecule has 7 nitrogen and oxygen atoms in total. The Morgan fingerprint density at radius 1 is 1.19 bits per heavy atom. The molecule has 0 saturated carbocycles. The third kappa shape index (κ3) is 5.12. The van der Waals surface area contributed by atoms with E-state index in [4.69, 9.17) is 16.3 Å². The molecule has 2 aromatic heterocycles. The zero-order valence-electron chi connectivity index (χ0n) is 17.4. The zero-order valence-corrected chi connectivity index (χ0v) is 19.8. The molecule has 4 rings (SSSR count). The van der Waals surface area contributed by atoms with Crippen LogP contribution in [0.4, 0.5) is 5.13 Å². The summed E-state index contributed by atoms with van der Waals surface area (Å²) in [6.07, 6.45) is 0. The second-order valence-electron chi connectivity index (χ2n) is 6.66. The summed E-state index contributed by atoms with van der Waals surface area (Å²) in [4.78, 5) is 17.0. The summed E-state index contributed by atoms with van der Waals surface area (Å²) in [6, 6.07) is 15.1. The number of thiazole rings is 1. The van der Waals surface area contributed by atoms with Crippen molar-refractivity contribution in [2.45, 2.75) is 18.6 Å². The first-order valence-corrected chi connectivity index (χ1v) is 12.0. The number of halogens is 1. The number of thioether (sulfide) groups is 1. The Morgan fingerprint density at radius 2 is 2.00 bits per heavy atom. The minimum Gasteiger partial charge on any atom is -0.497 e. The summed E-state index contributed by atoms with van der Waals surface area (Å²) < 4.78 is 7.28. The highest BCUT2D eigenvalue weighted by Gasteiger charge is 2.16. The smallest absolute Gasteiger partial charge is 0.236 e. The third-order valence-corrected chi connectivity index (χ3v) is 6.56. The van der Waals surface area contributed by atoms with E-state index in [2.05, 4.69) is 20.5 Å². The van der Waals surface area contributed by atoms with Crippen LogP contribution in [0.1, 0.15) is 6.92 Å². The minimum absolute atomic E-state index is 0.152. The first-order chi connectivity index (χ1) is 15.6. The highest BCUT2D eigenvalue weighted by atomic mass is 35.5. The molecule has 164 valence electrons. The van der Waals surface area contributed by atoms with Crippen LogP contribution in [-0.4, -0.2) is 38.5 Å². The van der Waals surface area contributed by atoms with Gasteiger partial charge in [-0.3, -0.25) is 4.79 Å². The number of ether oxygens (including phenoxy) is 1. The lowest BCUT2D eigenvalue weighted by molar-refractivity contribution is -0.113. The molecule has 0 bridgehead atoms. The molecule has 0 radical (unpaired) electrons. The molecule has 4 aromatic rings. The van der Waals surface area contributed by atoms with E-state index in [-0.39, 0.29) is 11.7 Å². The number of carbonyl (C=O) groups is 1. The predicted molar refractivity (Wildman–Crippen MR) is 130 cm³/mol. The second-order valence-corrected chi connectivity index (χ2v) is 8.90. The van der Waals surface area contributed by atoms with Crippen LogP contribution >= 0.6 is 34.7 Å². The van der Waals surface area contributed by atoms with E-state index < -0.39 is 0 Å². The number of methoxy groups -OCH3 is 1. The fraction of sp³-hybridized carbons (Fsp3) is 0.182. The number of aromatic nitrogens is 4. The van der Waals surface area contributed by atoms with Gasteiger partial charge >= 0.3 is 0 Å². The summed E-state index contributed by atoms with van der Waals surface area (Å²) in [5.41, 5.74) is 2.65. The van der Waals surface area contributed by atoms with Gasteiger partial charge in [0.25, 0.3) is 0 Å². The van der Waals surface area contributed by atoms with Crippen molar-refractivity contribution in [1.82, 2.24) is 19.7 Å². The maximum Gasteiger partial charge on any atom is 0.236 e. The number of nitrogens with one attached hydrogen (secondary N) is 1. The van der Waals surface area contributed by atoms with Gasteiger partial charge in [0, 0.05) is 28.1 Å². The Hall–Kier alpha value is -2.88. The molecule has 1 amide bonds. The fourth-order valence-corrected chi connectivity index (χ4v) is 4.69. The van der Waals surface area contributed by atoms with Gasteiger partial charge in [0.2, 0.25) is 5.91 Å². The molecule has 32 heavy (non-hydrogen) atoms. The van der Waals surface area contributed by atoms with Crippen molar-refractivity contribution in [3.8, 4) is 28.4 Å². The van der Waals surface area contributed by atoms with Gasteiger partial charge in [-0.05, 0) is 31.2 Å². The third-order valence-electron chi connectivity index (χ3n) is 4.58. The van der Waals surface area contributed by atoms with Crippen LogP contribution in [0.5, 0.6) is 5.75 Å². The van der Waals surface area contributed by atoms with Gasteiger partial charge in [-0.15, -0.1) is 21.5 Å². The van der Waals surface area contributed by atoms with Crippen LogP contribution in [0.25, 0.3) is 22.6 Å². The van der Waals surface area contributed by atoms with Crippen molar-refractivity contribution in [2.24, 2.45) is 0 Å². The van der Waals surface area contributed by atoms with E-state index in [0.29, 0.717) is 21.9 Å². The van der Waals surface area contributed by atoms with Gasteiger partial charge in [0.15, 0.2) is 16.1 Å². The van der Waals surface area contributed by atoms with Gasteiger partial charge < -0.3 is 14.6 Å². The first kappa shape index (κ1) is 22.3. The maximum absolute atomic E-state index is 12.5. The van der Waals surface area contributed by atoms with Crippen molar-refractivity contribution in [1.29, 1.82) is 0 Å².